The smallest absolute Gasteiger partial charge is 0.257 e. The van der Waals surface area contributed by atoms with Gasteiger partial charge in [-0.2, -0.15) is 4.31 Å². The number of carbonyl (C=O) groups excluding carboxylic acids is 2. The molecule has 178 valence electrons. The summed E-state index contributed by atoms with van der Waals surface area (Å²) in [4.78, 5) is 24.0. The summed E-state index contributed by atoms with van der Waals surface area (Å²) in [5.74, 6) is 0.210. The van der Waals surface area contributed by atoms with Crippen molar-refractivity contribution in [2.24, 2.45) is 0 Å². The molecule has 8 nitrogen and oxygen atoms in total. The molecular weight excluding hydrogens is 442 g/mol. The first-order valence-corrected chi connectivity index (χ1v) is 12.7. The topological polar surface area (TPSA) is 105 Å². The number of benzene rings is 2. The van der Waals surface area contributed by atoms with Gasteiger partial charge in [0, 0.05) is 31.7 Å². The third-order valence-electron chi connectivity index (χ3n) is 5.40. The molecule has 0 unspecified atom stereocenters. The molecule has 0 saturated carbocycles. The van der Waals surface area contributed by atoms with E-state index in [0.717, 1.165) is 24.8 Å². The first-order valence-electron chi connectivity index (χ1n) is 11.3. The molecule has 1 aliphatic heterocycles. The van der Waals surface area contributed by atoms with Gasteiger partial charge in [-0.05, 0) is 68.1 Å². The summed E-state index contributed by atoms with van der Waals surface area (Å²) in [7, 11) is -3.44. The fourth-order valence-electron chi connectivity index (χ4n) is 3.60. The van der Waals surface area contributed by atoms with Crippen molar-refractivity contribution in [2.75, 3.05) is 31.6 Å². The summed E-state index contributed by atoms with van der Waals surface area (Å²) in [5, 5.41) is 5.48. The van der Waals surface area contributed by atoms with E-state index in [1.807, 2.05) is 6.92 Å². The Morgan fingerprint density at radius 2 is 1.61 bits per heavy atom. The Labute approximate surface area is 195 Å². The number of amides is 2. The summed E-state index contributed by atoms with van der Waals surface area (Å²) in [5.41, 5.74) is 1.53. The van der Waals surface area contributed by atoms with E-state index < -0.39 is 10.0 Å². The Kier molecular flexibility index (Phi) is 8.85. The lowest BCUT2D eigenvalue weighted by Crippen LogP contribution is -2.35. The summed E-state index contributed by atoms with van der Waals surface area (Å²) in [6.07, 6.45) is 3.65. The molecule has 2 aromatic carbocycles. The van der Waals surface area contributed by atoms with Gasteiger partial charge >= 0.3 is 0 Å². The molecule has 0 aromatic heterocycles. The zero-order valence-corrected chi connectivity index (χ0v) is 19.7. The van der Waals surface area contributed by atoms with Crippen molar-refractivity contribution in [3.05, 3.63) is 54.1 Å². The van der Waals surface area contributed by atoms with Gasteiger partial charge in [0.1, 0.15) is 5.75 Å². The third kappa shape index (κ3) is 7.30. The highest BCUT2D eigenvalue weighted by atomic mass is 32.2. The normalized spacial score (nSPS) is 14.5. The molecule has 2 N–H and O–H groups in total. The SMILES string of the molecule is CCNC(=O)COc1ccc(NC(=O)CCc2ccc(S(=O)(=O)N3CCCCC3)cc2)cc1. The van der Waals surface area contributed by atoms with Crippen LogP contribution in [-0.2, 0) is 26.0 Å². The van der Waals surface area contributed by atoms with Crippen LogP contribution in [0.15, 0.2) is 53.4 Å². The van der Waals surface area contributed by atoms with Crippen molar-refractivity contribution in [3.8, 4) is 5.75 Å². The third-order valence-corrected chi connectivity index (χ3v) is 7.31. The second-order valence-corrected chi connectivity index (χ2v) is 9.86. The highest BCUT2D eigenvalue weighted by molar-refractivity contribution is 7.89. The summed E-state index contributed by atoms with van der Waals surface area (Å²) >= 11 is 0. The molecule has 0 aliphatic carbocycles. The van der Waals surface area contributed by atoms with E-state index in [1.165, 1.54) is 0 Å². The van der Waals surface area contributed by atoms with Gasteiger partial charge in [-0.15, -0.1) is 0 Å². The molecule has 33 heavy (non-hydrogen) atoms. The zero-order valence-electron chi connectivity index (χ0n) is 18.9. The zero-order chi connectivity index (χ0) is 23.7. The molecule has 0 radical (unpaired) electrons. The van der Waals surface area contributed by atoms with Gasteiger partial charge in [-0.3, -0.25) is 9.59 Å². The number of anilines is 1. The number of sulfonamides is 1. The van der Waals surface area contributed by atoms with Gasteiger partial charge in [0.15, 0.2) is 6.61 Å². The predicted octanol–water partition coefficient (Wildman–Crippen LogP) is 2.95. The number of piperidine rings is 1. The number of aryl methyl sites for hydroxylation is 1. The first kappa shape index (κ1) is 24.7. The number of ether oxygens (including phenoxy) is 1. The largest absolute Gasteiger partial charge is 0.484 e. The van der Waals surface area contributed by atoms with E-state index in [1.54, 1.807) is 52.8 Å². The maximum atomic E-state index is 12.7. The number of carbonyl (C=O) groups is 2. The van der Waals surface area contributed by atoms with Crippen LogP contribution in [0.4, 0.5) is 5.69 Å². The van der Waals surface area contributed by atoms with E-state index in [4.69, 9.17) is 4.74 Å². The summed E-state index contributed by atoms with van der Waals surface area (Å²) < 4.78 is 32.4. The van der Waals surface area contributed by atoms with E-state index in [-0.39, 0.29) is 24.8 Å². The molecule has 1 saturated heterocycles. The lowest BCUT2D eigenvalue weighted by molar-refractivity contribution is -0.123. The molecule has 1 aliphatic rings. The van der Waals surface area contributed by atoms with Crippen LogP contribution in [0.25, 0.3) is 0 Å². The molecule has 0 bridgehead atoms. The first-order chi connectivity index (χ1) is 15.9. The van der Waals surface area contributed by atoms with Crippen molar-refractivity contribution in [1.29, 1.82) is 0 Å². The Hall–Kier alpha value is -2.91. The second-order valence-electron chi connectivity index (χ2n) is 7.92. The van der Waals surface area contributed by atoms with Crippen LogP contribution in [-0.4, -0.2) is 50.8 Å². The fourth-order valence-corrected chi connectivity index (χ4v) is 5.11. The number of nitrogens with one attached hydrogen (secondary N) is 2. The van der Waals surface area contributed by atoms with Crippen molar-refractivity contribution in [2.45, 2.75) is 43.9 Å². The van der Waals surface area contributed by atoms with Gasteiger partial charge < -0.3 is 15.4 Å². The van der Waals surface area contributed by atoms with E-state index in [9.17, 15) is 18.0 Å². The maximum absolute atomic E-state index is 12.7. The van der Waals surface area contributed by atoms with Crippen LogP contribution in [0.2, 0.25) is 0 Å². The molecule has 3 rings (SSSR count). The predicted molar refractivity (Wildman–Crippen MR) is 127 cm³/mol. The molecular formula is C24H31N3O5S. The van der Waals surface area contributed by atoms with Crippen molar-refractivity contribution in [1.82, 2.24) is 9.62 Å². The fraction of sp³-hybridized carbons (Fsp3) is 0.417. The molecule has 0 spiro atoms. The van der Waals surface area contributed by atoms with Crippen LogP contribution in [0.1, 0.15) is 38.2 Å². The Morgan fingerprint density at radius 3 is 2.24 bits per heavy atom. The lowest BCUT2D eigenvalue weighted by atomic mass is 10.1. The quantitative estimate of drug-likeness (QED) is 0.552. The van der Waals surface area contributed by atoms with E-state index >= 15 is 0 Å². The molecule has 1 heterocycles. The van der Waals surface area contributed by atoms with Gasteiger partial charge in [-0.1, -0.05) is 18.6 Å². The minimum absolute atomic E-state index is 0.0579. The molecule has 2 aromatic rings. The minimum Gasteiger partial charge on any atom is -0.484 e. The molecule has 0 atom stereocenters. The highest BCUT2D eigenvalue weighted by Crippen LogP contribution is 2.21. The van der Waals surface area contributed by atoms with Crippen molar-refractivity contribution in [3.63, 3.8) is 0 Å². The summed E-state index contributed by atoms with van der Waals surface area (Å²) in [6, 6.07) is 13.6. The van der Waals surface area contributed by atoms with Gasteiger partial charge in [-0.25, -0.2) is 8.42 Å². The Bertz CT molecular complexity index is 1030. The van der Waals surface area contributed by atoms with E-state index in [2.05, 4.69) is 10.6 Å². The van der Waals surface area contributed by atoms with Gasteiger partial charge in [0.25, 0.3) is 5.91 Å². The van der Waals surface area contributed by atoms with Crippen LogP contribution in [0, 0.1) is 0 Å². The Morgan fingerprint density at radius 1 is 0.939 bits per heavy atom. The molecule has 9 heteroatoms. The van der Waals surface area contributed by atoms with Gasteiger partial charge in [0.05, 0.1) is 4.90 Å². The van der Waals surface area contributed by atoms with Crippen LogP contribution >= 0.6 is 0 Å². The second kappa shape index (κ2) is 11.8. The number of hydrogen-bond acceptors (Lipinski definition) is 5. The van der Waals surface area contributed by atoms with Crippen LogP contribution in [0.5, 0.6) is 5.75 Å². The van der Waals surface area contributed by atoms with Gasteiger partial charge in [0.2, 0.25) is 15.9 Å². The monoisotopic (exact) mass is 473 g/mol. The average molecular weight is 474 g/mol. The minimum atomic E-state index is -3.44. The number of rotatable bonds is 10. The highest BCUT2D eigenvalue weighted by Gasteiger charge is 2.25. The van der Waals surface area contributed by atoms with Crippen molar-refractivity contribution < 1.29 is 22.7 Å². The summed E-state index contributed by atoms with van der Waals surface area (Å²) in [6.45, 7) is 3.48. The van der Waals surface area contributed by atoms with E-state index in [0.29, 0.717) is 42.4 Å². The lowest BCUT2D eigenvalue weighted by Gasteiger charge is -2.25. The number of likely N-dealkylation sites (N-methyl/N-ethyl adjacent to an activating group) is 1. The number of nitrogens with zero attached hydrogens (tertiary/aromatic N) is 1. The van der Waals surface area contributed by atoms with Crippen LogP contribution < -0.4 is 15.4 Å². The van der Waals surface area contributed by atoms with Crippen molar-refractivity contribution >= 4 is 27.5 Å². The standard InChI is InChI=1S/C24H31N3O5S/c1-2-25-24(29)18-32-21-11-9-20(10-12-21)26-23(28)15-8-19-6-13-22(14-7-19)33(30,31)27-16-4-3-5-17-27/h6-7,9-14H,2-5,8,15-18H2,1H3,(H,25,29)(H,26,28). The number of hydrogen-bond donors (Lipinski definition) is 2. The molecule has 1 fully saturated rings. The average Bonchev–Trinajstić information content (AvgIpc) is 2.83. The Balaban J connectivity index is 1.46. The van der Waals surface area contributed by atoms with Crippen LogP contribution in [0.3, 0.4) is 0 Å². The maximum Gasteiger partial charge on any atom is 0.257 e. The molecule has 2 amide bonds.